The van der Waals surface area contributed by atoms with Crippen LogP contribution in [0.5, 0.6) is 0 Å². The van der Waals surface area contributed by atoms with Gasteiger partial charge in [-0.2, -0.15) is 13.2 Å². The average molecular weight is 252 g/mol. The van der Waals surface area contributed by atoms with Crippen LogP contribution < -0.4 is 0 Å². The SMILES string of the molecule is CC(C)(CC(=O)O)c1ccc(C(F)(F)F)s1. The predicted octanol–water partition coefficient (Wildman–Crippen LogP) is 3.52. The molecule has 0 aromatic carbocycles. The number of thiophene rings is 1. The third-order valence-electron chi connectivity index (χ3n) is 2.15. The Balaban J connectivity index is 2.97. The number of carbonyl (C=O) groups is 1. The largest absolute Gasteiger partial charge is 0.481 e. The summed E-state index contributed by atoms with van der Waals surface area (Å²) in [4.78, 5) is 10.3. The topological polar surface area (TPSA) is 37.3 Å². The summed E-state index contributed by atoms with van der Waals surface area (Å²) in [5.41, 5.74) is -0.778. The molecule has 0 saturated carbocycles. The second-order valence-corrected chi connectivity index (χ2v) is 5.20. The lowest BCUT2D eigenvalue weighted by atomic mass is 9.88. The molecule has 0 radical (unpaired) electrons. The molecule has 1 heterocycles. The molecule has 0 saturated heterocycles. The van der Waals surface area contributed by atoms with Crippen LogP contribution in [0.2, 0.25) is 0 Å². The van der Waals surface area contributed by atoms with E-state index in [1.165, 1.54) is 6.07 Å². The molecule has 0 amide bonds. The van der Waals surface area contributed by atoms with Gasteiger partial charge in [-0.1, -0.05) is 13.8 Å². The van der Waals surface area contributed by atoms with Crippen LogP contribution in [-0.2, 0) is 16.4 Å². The normalized spacial score (nSPS) is 12.8. The van der Waals surface area contributed by atoms with Crippen molar-refractivity contribution in [3.8, 4) is 0 Å². The minimum atomic E-state index is -4.36. The quantitative estimate of drug-likeness (QED) is 0.893. The van der Waals surface area contributed by atoms with Crippen LogP contribution in [0.1, 0.15) is 30.0 Å². The highest BCUT2D eigenvalue weighted by Crippen LogP contribution is 2.39. The molecular weight excluding hydrogens is 241 g/mol. The van der Waals surface area contributed by atoms with Crippen molar-refractivity contribution in [1.29, 1.82) is 0 Å². The van der Waals surface area contributed by atoms with E-state index < -0.39 is 22.4 Å². The zero-order valence-corrected chi connectivity index (χ0v) is 9.58. The van der Waals surface area contributed by atoms with Crippen LogP contribution >= 0.6 is 11.3 Å². The zero-order valence-electron chi connectivity index (χ0n) is 8.76. The summed E-state index contributed by atoms with van der Waals surface area (Å²) in [6, 6.07) is 2.33. The summed E-state index contributed by atoms with van der Waals surface area (Å²) in [7, 11) is 0. The number of hydrogen-bond donors (Lipinski definition) is 1. The number of carboxylic acids is 1. The van der Waals surface area contributed by atoms with Crippen molar-refractivity contribution in [2.45, 2.75) is 31.9 Å². The number of rotatable bonds is 3. The maximum absolute atomic E-state index is 12.3. The van der Waals surface area contributed by atoms with Crippen LogP contribution in [0.4, 0.5) is 13.2 Å². The van der Waals surface area contributed by atoms with Crippen LogP contribution in [0, 0.1) is 0 Å². The molecule has 2 nitrogen and oxygen atoms in total. The molecule has 1 rings (SSSR count). The molecular formula is C10H11F3O2S. The molecule has 16 heavy (non-hydrogen) atoms. The number of aliphatic carboxylic acids is 1. The fourth-order valence-corrected chi connectivity index (χ4v) is 2.29. The van der Waals surface area contributed by atoms with Crippen molar-refractivity contribution < 1.29 is 23.1 Å². The van der Waals surface area contributed by atoms with Crippen molar-refractivity contribution >= 4 is 17.3 Å². The third-order valence-corrected chi connectivity index (χ3v) is 3.64. The molecule has 0 aliphatic carbocycles. The summed E-state index contributed by atoms with van der Waals surface area (Å²) >= 11 is 0.600. The molecule has 0 unspecified atom stereocenters. The van der Waals surface area contributed by atoms with Crippen LogP contribution in [0.25, 0.3) is 0 Å². The Morgan fingerprint density at radius 1 is 1.31 bits per heavy atom. The Bertz CT molecular complexity index is 393. The first-order chi connectivity index (χ1) is 7.13. The first-order valence-corrected chi connectivity index (χ1v) is 5.34. The van der Waals surface area contributed by atoms with E-state index in [9.17, 15) is 18.0 Å². The minimum Gasteiger partial charge on any atom is -0.481 e. The van der Waals surface area contributed by atoms with Crippen molar-refractivity contribution in [3.63, 3.8) is 0 Å². The van der Waals surface area contributed by atoms with E-state index in [0.717, 1.165) is 6.07 Å². The van der Waals surface area contributed by atoms with Crippen LogP contribution in [0.15, 0.2) is 12.1 Å². The number of halogens is 3. The van der Waals surface area contributed by atoms with Gasteiger partial charge in [-0.25, -0.2) is 0 Å². The first-order valence-electron chi connectivity index (χ1n) is 4.52. The fraction of sp³-hybridized carbons (Fsp3) is 0.500. The molecule has 0 fully saturated rings. The zero-order chi connectivity index (χ0) is 12.6. The van der Waals surface area contributed by atoms with Gasteiger partial charge in [0.05, 0.1) is 6.42 Å². The van der Waals surface area contributed by atoms with E-state index in [4.69, 9.17) is 5.11 Å². The molecule has 0 atom stereocenters. The third kappa shape index (κ3) is 2.98. The van der Waals surface area contributed by atoms with Crippen molar-refractivity contribution in [2.75, 3.05) is 0 Å². The molecule has 0 aliphatic heterocycles. The molecule has 1 aromatic rings. The average Bonchev–Trinajstić information content (AvgIpc) is 2.47. The molecule has 1 N–H and O–H groups in total. The van der Waals surface area contributed by atoms with Gasteiger partial charge >= 0.3 is 12.1 Å². The Kier molecular flexibility index (Phi) is 3.33. The monoisotopic (exact) mass is 252 g/mol. The predicted molar refractivity (Wildman–Crippen MR) is 54.6 cm³/mol. The Hall–Kier alpha value is -1.04. The molecule has 0 aliphatic rings. The van der Waals surface area contributed by atoms with Gasteiger partial charge in [0.25, 0.3) is 0 Å². The molecule has 90 valence electrons. The summed E-state index contributed by atoms with van der Waals surface area (Å²) in [6.07, 6.45) is -4.55. The molecule has 1 aromatic heterocycles. The summed E-state index contributed by atoms with van der Waals surface area (Å²) in [6.45, 7) is 3.24. The number of hydrogen-bond acceptors (Lipinski definition) is 2. The standard InChI is InChI=1S/C10H11F3O2S/c1-9(2,5-8(14)15)6-3-4-7(16-6)10(11,12)13/h3-4H,5H2,1-2H3,(H,14,15). The fourth-order valence-electron chi connectivity index (χ4n) is 1.32. The van der Waals surface area contributed by atoms with E-state index in [1.54, 1.807) is 13.8 Å². The van der Waals surface area contributed by atoms with Gasteiger partial charge in [-0.15, -0.1) is 11.3 Å². The van der Waals surface area contributed by atoms with Crippen molar-refractivity contribution in [1.82, 2.24) is 0 Å². The van der Waals surface area contributed by atoms with Gasteiger partial charge in [-0.05, 0) is 12.1 Å². The summed E-state index contributed by atoms with van der Waals surface area (Å²) in [5, 5.41) is 8.66. The first kappa shape index (κ1) is 13.0. The van der Waals surface area contributed by atoms with Crippen LogP contribution in [0.3, 0.4) is 0 Å². The van der Waals surface area contributed by atoms with Gasteiger partial charge in [0.2, 0.25) is 0 Å². The highest BCUT2D eigenvalue weighted by molar-refractivity contribution is 7.12. The molecule has 0 bridgehead atoms. The lowest BCUT2D eigenvalue weighted by molar-refractivity contribution is -0.138. The lowest BCUT2D eigenvalue weighted by Gasteiger charge is -2.20. The number of alkyl halides is 3. The van der Waals surface area contributed by atoms with E-state index in [1.807, 2.05) is 0 Å². The molecule has 0 spiro atoms. The molecule has 6 heteroatoms. The summed E-state index contributed by atoms with van der Waals surface area (Å²) in [5.74, 6) is -1.02. The van der Waals surface area contributed by atoms with Gasteiger partial charge in [0, 0.05) is 10.3 Å². The highest BCUT2D eigenvalue weighted by atomic mass is 32.1. The lowest BCUT2D eigenvalue weighted by Crippen LogP contribution is -2.20. The van der Waals surface area contributed by atoms with Gasteiger partial charge < -0.3 is 5.11 Å². The number of carboxylic acid groups (broad SMARTS) is 1. The van der Waals surface area contributed by atoms with E-state index >= 15 is 0 Å². The highest BCUT2D eigenvalue weighted by Gasteiger charge is 2.35. The van der Waals surface area contributed by atoms with E-state index in [2.05, 4.69) is 0 Å². The maximum atomic E-state index is 12.3. The van der Waals surface area contributed by atoms with Gasteiger partial charge in [0.15, 0.2) is 0 Å². The Labute approximate surface area is 94.7 Å². The smallest absolute Gasteiger partial charge is 0.425 e. The van der Waals surface area contributed by atoms with E-state index in [-0.39, 0.29) is 6.42 Å². The Morgan fingerprint density at radius 2 is 1.81 bits per heavy atom. The maximum Gasteiger partial charge on any atom is 0.425 e. The van der Waals surface area contributed by atoms with Crippen molar-refractivity contribution in [3.05, 3.63) is 21.9 Å². The van der Waals surface area contributed by atoms with Crippen molar-refractivity contribution in [2.24, 2.45) is 0 Å². The van der Waals surface area contributed by atoms with Gasteiger partial charge in [-0.3, -0.25) is 4.79 Å². The van der Waals surface area contributed by atoms with Gasteiger partial charge in [0.1, 0.15) is 4.88 Å². The Morgan fingerprint density at radius 3 is 2.19 bits per heavy atom. The summed E-state index contributed by atoms with van der Waals surface area (Å²) < 4.78 is 37.0. The second kappa shape index (κ2) is 4.08. The second-order valence-electron chi connectivity index (χ2n) is 4.12. The van der Waals surface area contributed by atoms with E-state index in [0.29, 0.717) is 16.2 Å². The van der Waals surface area contributed by atoms with Crippen LogP contribution in [-0.4, -0.2) is 11.1 Å². The minimum absolute atomic E-state index is 0.190.